The van der Waals surface area contributed by atoms with Crippen molar-refractivity contribution in [1.29, 1.82) is 0 Å². The monoisotopic (exact) mass is 362 g/mol. The molecule has 2 N–H and O–H groups in total. The lowest BCUT2D eigenvalue weighted by atomic mass is 10.2. The minimum atomic E-state index is -3.75. The Balaban J connectivity index is 2.08. The summed E-state index contributed by atoms with van der Waals surface area (Å²) >= 11 is 0. The quantitative estimate of drug-likeness (QED) is 0.737. The van der Waals surface area contributed by atoms with Crippen molar-refractivity contribution in [3.63, 3.8) is 0 Å². The molecule has 0 aliphatic carbocycles. The van der Waals surface area contributed by atoms with E-state index in [0.717, 1.165) is 0 Å². The third-order valence-electron chi connectivity index (χ3n) is 3.20. The van der Waals surface area contributed by atoms with Gasteiger partial charge in [0.15, 0.2) is 0 Å². The summed E-state index contributed by atoms with van der Waals surface area (Å²) in [7, 11) is -2.23. The van der Waals surface area contributed by atoms with Gasteiger partial charge in [-0.15, -0.1) is 0 Å². The smallest absolute Gasteiger partial charge is 0.261 e. The number of ketones is 1. The van der Waals surface area contributed by atoms with Crippen molar-refractivity contribution in [2.45, 2.75) is 18.2 Å². The van der Waals surface area contributed by atoms with Crippen molar-refractivity contribution in [1.82, 2.24) is 0 Å². The van der Waals surface area contributed by atoms with Crippen LogP contribution < -0.4 is 14.8 Å². The van der Waals surface area contributed by atoms with Gasteiger partial charge in [-0.05, 0) is 55.5 Å². The van der Waals surface area contributed by atoms with E-state index >= 15 is 0 Å². The van der Waals surface area contributed by atoms with Crippen molar-refractivity contribution in [2.75, 3.05) is 17.1 Å². The molecule has 0 saturated heterocycles. The molecular formula is C17H18N2O5S. The van der Waals surface area contributed by atoms with Crippen LogP contribution in [0.4, 0.5) is 11.4 Å². The number of carbonyl (C=O) groups is 2. The molecule has 2 aromatic rings. The predicted molar refractivity (Wildman–Crippen MR) is 94.2 cm³/mol. The van der Waals surface area contributed by atoms with E-state index in [2.05, 4.69) is 10.0 Å². The van der Waals surface area contributed by atoms with E-state index in [1.54, 1.807) is 24.3 Å². The molecule has 0 radical (unpaired) electrons. The van der Waals surface area contributed by atoms with Gasteiger partial charge in [0, 0.05) is 11.4 Å². The lowest BCUT2D eigenvalue weighted by Crippen LogP contribution is -2.15. The maximum absolute atomic E-state index is 12.4. The molecule has 0 heterocycles. The van der Waals surface area contributed by atoms with E-state index in [9.17, 15) is 18.0 Å². The number of rotatable bonds is 7. The number of nitrogens with one attached hydrogen (secondary N) is 2. The molecule has 2 aromatic carbocycles. The number of benzene rings is 2. The number of carbonyl (C=O) groups excluding carboxylic acids is 2. The van der Waals surface area contributed by atoms with Crippen molar-refractivity contribution in [3.05, 3.63) is 48.5 Å². The summed E-state index contributed by atoms with van der Waals surface area (Å²) < 4.78 is 32.2. The van der Waals surface area contributed by atoms with Gasteiger partial charge in [0.2, 0.25) is 5.91 Å². The number of hydrogen-bond donors (Lipinski definition) is 2. The molecule has 132 valence electrons. The largest absolute Gasteiger partial charge is 0.497 e. The SMILES string of the molecule is COc1ccc(NS(=O)(=O)c2ccc(NC(=O)CC(C)=O)cc2)cc1. The highest BCUT2D eigenvalue weighted by Gasteiger charge is 2.14. The number of amides is 1. The zero-order valence-corrected chi connectivity index (χ0v) is 14.6. The van der Waals surface area contributed by atoms with Crippen molar-refractivity contribution in [3.8, 4) is 5.75 Å². The summed E-state index contributed by atoms with van der Waals surface area (Å²) in [6, 6.07) is 12.1. The second kappa shape index (κ2) is 7.80. The van der Waals surface area contributed by atoms with E-state index in [0.29, 0.717) is 17.1 Å². The summed E-state index contributed by atoms with van der Waals surface area (Å²) in [6.45, 7) is 1.32. The first-order chi connectivity index (χ1) is 11.8. The van der Waals surface area contributed by atoms with Crippen molar-refractivity contribution >= 4 is 33.1 Å². The molecule has 7 nitrogen and oxygen atoms in total. The second-order valence-corrected chi connectivity index (χ2v) is 6.97. The fourth-order valence-corrected chi connectivity index (χ4v) is 3.08. The lowest BCUT2D eigenvalue weighted by molar-refractivity contribution is -0.124. The van der Waals surface area contributed by atoms with E-state index in [1.165, 1.54) is 38.3 Å². The molecule has 0 spiro atoms. The van der Waals surface area contributed by atoms with Crippen LogP contribution >= 0.6 is 0 Å². The second-order valence-electron chi connectivity index (χ2n) is 5.29. The minimum Gasteiger partial charge on any atom is -0.497 e. The van der Waals surface area contributed by atoms with Crippen LogP contribution in [0.1, 0.15) is 13.3 Å². The summed E-state index contributed by atoms with van der Waals surface area (Å²) in [5.41, 5.74) is 0.814. The Hall–Kier alpha value is -2.87. The molecule has 0 unspecified atom stereocenters. The minimum absolute atomic E-state index is 0.0490. The van der Waals surface area contributed by atoms with Gasteiger partial charge >= 0.3 is 0 Å². The molecular weight excluding hydrogens is 344 g/mol. The normalized spacial score (nSPS) is 10.8. The van der Waals surface area contributed by atoms with Gasteiger partial charge in [0.25, 0.3) is 10.0 Å². The van der Waals surface area contributed by atoms with Gasteiger partial charge in [-0.2, -0.15) is 0 Å². The molecule has 2 rings (SSSR count). The standard InChI is InChI=1S/C17H18N2O5S/c1-12(20)11-17(21)18-13-5-9-16(10-6-13)25(22,23)19-14-3-7-15(24-2)8-4-14/h3-10,19H,11H2,1-2H3,(H,18,21). The topological polar surface area (TPSA) is 102 Å². The number of Topliss-reactive ketones (excluding diaryl/α,β-unsaturated/α-hetero) is 1. The van der Waals surface area contributed by atoms with Gasteiger partial charge in [-0.3, -0.25) is 14.3 Å². The van der Waals surface area contributed by atoms with Gasteiger partial charge in [0.1, 0.15) is 11.5 Å². The molecule has 0 atom stereocenters. The first kappa shape index (κ1) is 18.5. The number of ether oxygens (including phenoxy) is 1. The molecule has 0 aliphatic heterocycles. The summed E-state index contributed by atoms with van der Waals surface area (Å²) in [6.07, 6.45) is -0.223. The van der Waals surface area contributed by atoms with Gasteiger partial charge in [-0.1, -0.05) is 0 Å². The lowest BCUT2D eigenvalue weighted by Gasteiger charge is -2.10. The summed E-state index contributed by atoms with van der Waals surface area (Å²) in [4.78, 5) is 22.5. The Morgan fingerprint density at radius 1 is 0.960 bits per heavy atom. The number of sulfonamides is 1. The van der Waals surface area contributed by atoms with Crippen LogP contribution in [-0.2, 0) is 19.6 Å². The molecule has 0 fully saturated rings. The van der Waals surface area contributed by atoms with Crippen molar-refractivity contribution in [2.24, 2.45) is 0 Å². The molecule has 0 aromatic heterocycles. The Morgan fingerprint density at radius 3 is 2.04 bits per heavy atom. The first-order valence-electron chi connectivity index (χ1n) is 7.36. The highest BCUT2D eigenvalue weighted by molar-refractivity contribution is 7.92. The highest BCUT2D eigenvalue weighted by atomic mass is 32.2. The van der Waals surface area contributed by atoms with Gasteiger partial charge in [0.05, 0.1) is 18.4 Å². The molecule has 0 saturated carbocycles. The van der Waals surface area contributed by atoms with E-state index < -0.39 is 15.9 Å². The zero-order chi connectivity index (χ0) is 18.4. The zero-order valence-electron chi connectivity index (χ0n) is 13.8. The molecule has 25 heavy (non-hydrogen) atoms. The Kier molecular flexibility index (Phi) is 5.76. The van der Waals surface area contributed by atoms with Gasteiger partial charge in [-0.25, -0.2) is 8.42 Å². The van der Waals surface area contributed by atoms with E-state index in [4.69, 9.17) is 4.74 Å². The van der Waals surface area contributed by atoms with Crippen LogP contribution in [0.5, 0.6) is 5.75 Å². The van der Waals surface area contributed by atoms with Crippen LogP contribution in [0.15, 0.2) is 53.4 Å². The number of hydrogen-bond acceptors (Lipinski definition) is 5. The average molecular weight is 362 g/mol. The first-order valence-corrected chi connectivity index (χ1v) is 8.85. The number of methoxy groups -OCH3 is 1. The van der Waals surface area contributed by atoms with Crippen LogP contribution in [0, 0.1) is 0 Å². The Morgan fingerprint density at radius 2 is 1.52 bits per heavy atom. The number of anilines is 2. The average Bonchev–Trinajstić information content (AvgIpc) is 2.55. The molecule has 1 amide bonds. The molecule has 0 aliphatic rings. The molecule has 8 heteroatoms. The fourth-order valence-electron chi connectivity index (χ4n) is 2.02. The third-order valence-corrected chi connectivity index (χ3v) is 4.60. The van der Waals surface area contributed by atoms with E-state index in [1.807, 2.05) is 0 Å². The maximum atomic E-state index is 12.4. The van der Waals surface area contributed by atoms with E-state index in [-0.39, 0.29) is 17.1 Å². The summed E-state index contributed by atoms with van der Waals surface area (Å²) in [5, 5.41) is 2.53. The summed E-state index contributed by atoms with van der Waals surface area (Å²) in [5.74, 6) is -0.0755. The maximum Gasteiger partial charge on any atom is 0.261 e. The van der Waals surface area contributed by atoms with Crippen LogP contribution in [0.2, 0.25) is 0 Å². The Bertz CT molecular complexity index is 859. The predicted octanol–water partition coefficient (Wildman–Crippen LogP) is 2.41. The highest BCUT2D eigenvalue weighted by Crippen LogP contribution is 2.20. The van der Waals surface area contributed by atoms with Crippen LogP contribution in [-0.4, -0.2) is 27.2 Å². The van der Waals surface area contributed by atoms with Crippen molar-refractivity contribution < 1.29 is 22.7 Å². The van der Waals surface area contributed by atoms with Crippen LogP contribution in [0.3, 0.4) is 0 Å². The fraction of sp³-hybridized carbons (Fsp3) is 0.176. The third kappa shape index (κ3) is 5.32. The Labute approximate surface area is 146 Å². The molecule has 0 bridgehead atoms. The van der Waals surface area contributed by atoms with Gasteiger partial charge < -0.3 is 10.1 Å². The van der Waals surface area contributed by atoms with Crippen LogP contribution in [0.25, 0.3) is 0 Å².